The minimum Gasteiger partial charge on any atom is -0.392 e. The number of rotatable bonds is 7. The van der Waals surface area contributed by atoms with Gasteiger partial charge in [0.15, 0.2) is 0 Å². The topological polar surface area (TPSA) is 100 Å². The fourth-order valence-corrected chi connectivity index (χ4v) is 3.37. The molecule has 33 heavy (non-hydrogen) atoms. The van der Waals surface area contributed by atoms with Crippen LogP contribution in [0.25, 0.3) is 0 Å². The van der Waals surface area contributed by atoms with Gasteiger partial charge in [-0.1, -0.05) is 0 Å². The van der Waals surface area contributed by atoms with E-state index in [2.05, 4.69) is 25.6 Å². The molecule has 1 amide bonds. The molecule has 1 saturated carbocycles. The van der Waals surface area contributed by atoms with Crippen molar-refractivity contribution >= 4 is 23.2 Å². The number of aromatic nitrogens is 3. The van der Waals surface area contributed by atoms with Crippen LogP contribution in [0.3, 0.4) is 0 Å². The van der Waals surface area contributed by atoms with E-state index in [0.29, 0.717) is 18.0 Å². The number of amides is 1. The lowest BCUT2D eigenvalue weighted by molar-refractivity contribution is -0.137. The van der Waals surface area contributed by atoms with E-state index in [4.69, 9.17) is 0 Å². The number of hydrogen-bond acceptors (Lipinski definition) is 6. The molecule has 1 fully saturated rings. The molecule has 7 nitrogen and oxygen atoms in total. The first-order chi connectivity index (χ1) is 15.7. The Labute approximate surface area is 188 Å². The van der Waals surface area contributed by atoms with Gasteiger partial charge in [-0.2, -0.15) is 13.2 Å². The van der Waals surface area contributed by atoms with Crippen LogP contribution in [0.5, 0.6) is 0 Å². The number of nitrogens with zero attached hydrogens (tertiary/aromatic N) is 3. The highest BCUT2D eigenvalue weighted by molar-refractivity contribution is 6.05. The van der Waals surface area contributed by atoms with Gasteiger partial charge in [-0.05, 0) is 61.6 Å². The van der Waals surface area contributed by atoms with Gasteiger partial charge in [0, 0.05) is 30.1 Å². The summed E-state index contributed by atoms with van der Waals surface area (Å²) in [5.41, 5.74) is 1.53. The lowest BCUT2D eigenvalue weighted by atomic mass is 10.0. The molecule has 0 aromatic carbocycles. The molecule has 0 bridgehead atoms. The van der Waals surface area contributed by atoms with Crippen LogP contribution < -0.4 is 10.6 Å². The van der Waals surface area contributed by atoms with E-state index in [0.717, 1.165) is 36.4 Å². The van der Waals surface area contributed by atoms with Gasteiger partial charge >= 0.3 is 6.18 Å². The highest BCUT2D eigenvalue weighted by Gasteiger charge is 2.31. The molecule has 1 aliphatic carbocycles. The number of halogens is 3. The first kappa shape index (κ1) is 22.7. The molecule has 1 unspecified atom stereocenters. The van der Waals surface area contributed by atoms with E-state index in [1.807, 2.05) is 13.0 Å². The standard InChI is InChI=1S/C23H22F3N5O2/c1-13-8-16(9-19(32)14-2-3-14)18(12-28-13)30-22(33)15-6-7-27-21(10-15)31-20-5-4-17(11-29-20)23(24,25)26/h4-8,10-12,14,19,32H,2-3,9H2,1H3,(H,30,33)(H,27,29,31). The number of carbonyl (C=O) groups is 1. The molecule has 1 atom stereocenters. The summed E-state index contributed by atoms with van der Waals surface area (Å²) < 4.78 is 38.1. The SMILES string of the molecule is Cc1cc(CC(O)C2CC2)c(NC(=O)c2ccnc(Nc3ccc(C(F)(F)F)cn3)c2)cn1. The van der Waals surface area contributed by atoms with Crippen LogP contribution in [-0.4, -0.2) is 32.1 Å². The van der Waals surface area contributed by atoms with Gasteiger partial charge in [0.25, 0.3) is 5.91 Å². The van der Waals surface area contributed by atoms with Crippen molar-refractivity contribution < 1.29 is 23.1 Å². The van der Waals surface area contributed by atoms with Crippen molar-refractivity contribution in [1.29, 1.82) is 0 Å². The minimum absolute atomic E-state index is 0.159. The molecule has 0 saturated heterocycles. The Bertz CT molecular complexity index is 1150. The highest BCUT2D eigenvalue weighted by atomic mass is 19.4. The van der Waals surface area contributed by atoms with Crippen molar-refractivity contribution in [3.05, 3.63) is 71.3 Å². The van der Waals surface area contributed by atoms with E-state index in [9.17, 15) is 23.1 Å². The smallest absolute Gasteiger partial charge is 0.392 e. The molecule has 3 aromatic heterocycles. The number of hydrogen-bond donors (Lipinski definition) is 3. The fourth-order valence-electron chi connectivity index (χ4n) is 3.37. The first-order valence-corrected chi connectivity index (χ1v) is 10.4. The quantitative estimate of drug-likeness (QED) is 0.483. The molecular formula is C23H22F3N5O2. The zero-order valence-electron chi connectivity index (χ0n) is 17.7. The van der Waals surface area contributed by atoms with Crippen molar-refractivity contribution in [3.8, 4) is 0 Å². The molecule has 3 heterocycles. The Kier molecular flexibility index (Phi) is 6.28. The van der Waals surface area contributed by atoms with Crippen LogP contribution in [0, 0.1) is 12.8 Å². The van der Waals surface area contributed by atoms with Gasteiger partial charge < -0.3 is 15.7 Å². The maximum atomic E-state index is 12.8. The number of aliphatic hydroxyl groups is 1. The highest BCUT2D eigenvalue weighted by Crippen LogP contribution is 2.35. The summed E-state index contributed by atoms with van der Waals surface area (Å²) in [5, 5.41) is 15.9. The summed E-state index contributed by atoms with van der Waals surface area (Å²) in [6.45, 7) is 1.84. The third-order valence-electron chi connectivity index (χ3n) is 5.34. The third-order valence-corrected chi connectivity index (χ3v) is 5.34. The second kappa shape index (κ2) is 9.14. The van der Waals surface area contributed by atoms with Crippen molar-refractivity contribution in [3.63, 3.8) is 0 Å². The molecule has 3 N–H and O–H groups in total. The van der Waals surface area contributed by atoms with Crippen LogP contribution in [0.15, 0.2) is 48.9 Å². The number of alkyl halides is 3. The van der Waals surface area contributed by atoms with Crippen LogP contribution in [-0.2, 0) is 12.6 Å². The van der Waals surface area contributed by atoms with E-state index < -0.39 is 23.8 Å². The van der Waals surface area contributed by atoms with Crippen LogP contribution in [0.1, 0.15) is 40.0 Å². The van der Waals surface area contributed by atoms with Gasteiger partial charge in [-0.25, -0.2) is 9.97 Å². The molecule has 4 rings (SSSR count). The second-order valence-electron chi connectivity index (χ2n) is 8.03. The second-order valence-corrected chi connectivity index (χ2v) is 8.03. The Balaban J connectivity index is 1.47. The molecule has 3 aromatic rings. The van der Waals surface area contributed by atoms with E-state index in [-0.39, 0.29) is 17.2 Å². The Morgan fingerprint density at radius 2 is 1.91 bits per heavy atom. The number of pyridine rings is 3. The summed E-state index contributed by atoms with van der Waals surface area (Å²) in [7, 11) is 0. The molecule has 0 spiro atoms. The van der Waals surface area contributed by atoms with Crippen molar-refractivity contribution in [2.24, 2.45) is 5.92 Å². The average molecular weight is 457 g/mol. The molecule has 0 radical (unpaired) electrons. The average Bonchev–Trinajstić information content (AvgIpc) is 3.61. The number of anilines is 3. The lowest BCUT2D eigenvalue weighted by Crippen LogP contribution is -2.18. The van der Waals surface area contributed by atoms with Crippen molar-refractivity contribution in [2.75, 3.05) is 10.6 Å². The summed E-state index contributed by atoms with van der Waals surface area (Å²) >= 11 is 0. The van der Waals surface area contributed by atoms with Gasteiger partial charge in [-0.15, -0.1) is 0 Å². The zero-order chi connectivity index (χ0) is 23.6. The van der Waals surface area contributed by atoms with E-state index in [1.165, 1.54) is 24.4 Å². The van der Waals surface area contributed by atoms with E-state index in [1.54, 1.807) is 6.20 Å². The predicted octanol–water partition coefficient (Wildman–Crippen LogP) is 4.51. The largest absolute Gasteiger partial charge is 0.417 e. The van der Waals surface area contributed by atoms with Gasteiger partial charge in [0.2, 0.25) is 0 Å². The maximum absolute atomic E-state index is 12.8. The Hall–Kier alpha value is -3.53. The normalized spacial score (nSPS) is 14.6. The number of aliphatic hydroxyl groups excluding tert-OH is 1. The van der Waals surface area contributed by atoms with Crippen LogP contribution >= 0.6 is 0 Å². The lowest BCUT2D eigenvalue weighted by Gasteiger charge is -2.15. The summed E-state index contributed by atoms with van der Waals surface area (Å²) in [6, 6.07) is 6.92. The minimum atomic E-state index is -4.47. The molecular weight excluding hydrogens is 435 g/mol. The molecule has 0 aliphatic heterocycles. The van der Waals surface area contributed by atoms with Crippen LogP contribution in [0.4, 0.5) is 30.5 Å². The van der Waals surface area contributed by atoms with Gasteiger partial charge in [0.1, 0.15) is 11.6 Å². The van der Waals surface area contributed by atoms with Crippen LogP contribution in [0.2, 0.25) is 0 Å². The Morgan fingerprint density at radius 3 is 2.58 bits per heavy atom. The monoisotopic (exact) mass is 457 g/mol. The third kappa shape index (κ3) is 5.83. The van der Waals surface area contributed by atoms with E-state index >= 15 is 0 Å². The Morgan fingerprint density at radius 1 is 1.12 bits per heavy atom. The summed E-state index contributed by atoms with van der Waals surface area (Å²) in [5.74, 6) is 0.303. The van der Waals surface area contributed by atoms with Crippen molar-refractivity contribution in [2.45, 2.75) is 38.5 Å². The number of nitrogens with one attached hydrogen (secondary N) is 2. The molecule has 1 aliphatic rings. The molecule has 10 heteroatoms. The van der Waals surface area contributed by atoms with Gasteiger partial charge in [-0.3, -0.25) is 9.78 Å². The van der Waals surface area contributed by atoms with Gasteiger partial charge in [0.05, 0.1) is 23.6 Å². The summed E-state index contributed by atoms with van der Waals surface area (Å²) in [6.07, 6.45) is 1.20. The number of aryl methyl sites for hydroxylation is 1. The maximum Gasteiger partial charge on any atom is 0.417 e. The predicted molar refractivity (Wildman–Crippen MR) is 116 cm³/mol. The summed E-state index contributed by atoms with van der Waals surface area (Å²) in [4.78, 5) is 24.9. The zero-order valence-corrected chi connectivity index (χ0v) is 17.7. The molecule has 172 valence electrons. The first-order valence-electron chi connectivity index (χ1n) is 10.4. The van der Waals surface area contributed by atoms with Crippen molar-refractivity contribution in [1.82, 2.24) is 15.0 Å². The number of carbonyl (C=O) groups excluding carboxylic acids is 1. The fraction of sp³-hybridized carbons (Fsp3) is 0.304.